The maximum atomic E-state index is 12.9. The molecule has 0 atom stereocenters. The molecule has 0 radical (unpaired) electrons. The number of benzene rings is 1. The van der Waals surface area contributed by atoms with Crippen molar-refractivity contribution < 1.29 is 9.90 Å². The van der Waals surface area contributed by atoms with Crippen LogP contribution in [0.4, 0.5) is 5.69 Å². The van der Waals surface area contributed by atoms with Crippen molar-refractivity contribution in [2.24, 2.45) is 0 Å². The van der Waals surface area contributed by atoms with Crippen molar-refractivity contribution in [2.45, 2.75) is 38.6 Å². The molecular formula is C16H23ClN2O2. The van der Waals surface area contributed by atoms with E-state index in [9.17, 15) is 4.79 Å². The number of nitrogens with zero attached hydrogens (tertiary/aromatic N) is 1. The van der Waals surface area contributed by atoms with Crippen LogP contribution in [0.15, 0.2) is 18.2 Å². The summed E-state index contributed by atoms with van der Waals surface area (Å²) in [5.74, 6) is 0.00611. The number of hydrogen-bond acceptors (Lipinski definition) is 3. The van der Waals surface area contributed by atoms with Crippen molar-refractivity contribution >= 4 is 23.2 Å². The van der Waals surface area contributed by atoms with Crippen LogP contribution in [0.5, 0.6) is 0 Å². The van der Waals surface area contributed by atoms with E-state index in [0.29, 0.717) is 29.6 Å². The zero-order chi connectivity index (χ0) is 15.2. The van der Waals surface area contributed by atoms with Gasteiger partial charge < -0.3 is 15.3 Å². The van der Waals surface area contributed by atoms with Crippen molar-refractivity contribution in [3.05, 3.63) is 28.8 Å². The Bertz CT molecular complexity index is 489. The maximum Gasteiger partial charge on any atom is 0.256 e. The van der Waals surface area contributed by atoms with Gasteiger partial charge in [0.15, 0.2) is 0 Å². The van der Waals surface area contributed by atoms with Crippen LogP contribution in [0.2, 0.25) is 5.02 Å². The lowest BCUT2D eigenvalue weighted by atomic mass is 9.90. The Labute approximate surface area is 131 Å². The van der Waals surface area contributed by atoms with Crippen LogP contribution in [-0.2, 0) is 0 Å². The molecule has 1 fully saturated rings. The van der Waals surface area contributed by atoms with Crippen LogP contribution in [0, 0.1) is 0 Å². The van der Waals surface area contributed by atoms with Gasteiger partial charge in [-0.2, -0.15) is 0 Å². The SMILES string of the molecule is CCNc1ccc(Cl)cc1C(=O)N(CCCO)C1CCC1. The van der Waals surface area contributed by atoms with Crippen molar-refractivity contribution in [1.82, 2.24) is 4.90 Å². The quantitative estimate of drug-likeness (QED) is 0.813. The van der Waals surface area contributed by atoms with E-state index in [0.717, 1.165) is 25.1 Å². The third-order valence-electron chi connectivity index (χ3n) is 3.91. The van der Waals surface area contributed by atoms with Gasteiger partial charge in [0.25, 0.3) is 5.91 Å². The lowest BCUT2D eigenvalue weighted by molar-refractivity contribution is 0.0563. The van der Waals surface area contributed by atoms with Gasteiger partial charge in [-0.1, -0.05) is 11.6 Å². The molecule has 1 aliphatic carbocycles. The highest BCUT2D eigenvalue weighted by Gasteiger charge is 2.30. The molecule has 1 aromatic rings. The van der Waals surface area contributed by atoms with Crippen LogP contribution in [-0.4, -0.2) is 41.7 Å². The highest BCUT2D eigenvalue weighted by molar-refractivity contribution is 6.31. The summed E-state index contributed by atoms with van der Waals surface area (Å²) in [6.45, 7) is 3.45. The Morgan fingerprint density at radius 2 is 2.24 bits per heavy atom. The molecular weight excluding hydrogens is 288 g/mol. The Kier molecular flexibility index (Phi) is 5.88. The highest BCUT2D eigenvalue weighted by atomic mass is 35.5. The van der Waals surface area contributed by atoms with E-state index in [1.807, 2.05) is 17.9 Å². The molecule has 21 heavy (non-hydrogen) atoms. The molecule has 1 amide bonds. The Morgan fingerprint density at radius 3 is 2.81 bits per heavy atom. The third kappa shape index (κ3) is 3.89. The molecule has 0 spiro atoms. The third-order valence-corrected chi connectivity index (χ3v) is 4.15. The maximum absolute atomic E-state index is 12.9. The van der Waals surface area contributed by atoms with Gasteiger partial charge in [0.2, 0.25) is 0 Å². The first-order valence-corrected chi connectivity index (χ1v) is 8.00. The summed E-state index contributed by atoms with van der Waals surface area (Å²) in [6.07, 6.45) is 3.88. The molecule has 0 unspecified atom stereocenters. The molecule has 1 saturated carbocycles. The zero-order valence-corrected chi connectivity index (χ0v) is 13.2. The molecule has 2 rings (SSSR count). The van der Waals surface area contributed by atoms with Crippen molar-refractivity contribution in [3.8, 4) is 0 Å². The fraction of sp³-hybridized carbons (Fsp3) is 0.562. The second kappa shape index (κ2) is 7.66. The fourth-order valence-corrected chi connectivity index (χ4v) is 2.75. The number of aliphatic hydroxyl groups is 1. The largest absolute Gasteiger partial charge is 0.396 e. The molecule has 1 aromatic carbocycles. The predicted octanol–water partition coefficient (Wildman–Crippen LogP) is 3.15. The highest BCUT2D eigenvalue weighted by Crippen LogP contribution is 2.29. The minimum absolute atomic E-state index is 0.00611. The summed E-state index contributed by atoms with van der Waals surface area (Å²) in [5.41, 5.74) is 1.44. The van der Waals surface area contributed by atoms with Gasteiger partial charge in [0.1, 0.15) is 0 Å². The first-order chi connectivity index (χ1) is 10.2. The molecule has 5 heteroatoms. The van der Waals surface area contributed by atoms with E-state index in [1.165, 1.54) is 6.42 Å². The fourth-order valence-electron chi connectivity index (χ4n) is 2.58. The number of halogens is 1. The van der Waals surface area contributed by atoms with Crippen molar-refractivity contribution in [2.75, 3.05) is 25.0 Å². The molecule has 0 saturated heterocycles. The summed E-state index contributed by atoms with van der Waals surface area (Å²) in [4.78, 5) is 14.8. The molecule has 4 nitrogen and oxygen atoms in total. The van der Waals surface area contributed by atoms with E-state index in [2.05, 4.69) is 5.32 Å². The van der Waals surface area contributed by atoms with E-state index in [1.54, 1.807) is 12.1 Å². The summed E-state index contributed by atoms with van der Waals surface area (Å²) >= 11 is 6.06. The van der Waals surface area contributed by atoms with E-state index in [4.69, 9.17) is 16.7 Å². The lowest BCUT2D eigenvalue weighted by Gasteiger charge is -2.38. The van der Waals surface area contributed by atoms with Crippen LogP contribution in [0.25, 0.3) is 0 Å². The normalized spacial score (nSPS) is 14.6. The summed E-state index contributed by atoms with van der Waals surface area (Å²) in [7, 11) is 0. The number of anilines is 1. The van der Waals surface area contributed by atoms with E-state index >= 15 is 0 Å². The van der Waals surface area contributed by atoms with Crippen LogP contribution in [0.3, 0.4) is 0 Å². The number of rotatable bonds is 7. The summed E-state index contributed by atoms with van der Waals surface area (Å²) in [5, 5.41) is 12.8. The predicted molar refractivity (Wildman–Crippen MR) is 86.0 cm³/mol. The van der Waals surface area contributed by atoms with Crippen molar-refractivity contribution in [1.29, 1.82) is 0 Å². The van der Waals surface area contributed by atoms with E-state index in [-0.39, 0.29) is 12.5 Å². The first kappa shape index (κ1) is 16.1. The minimum Gasteiger partial charge on any atom is -0.396 e. The standard InChI is InChI=1S/C16H23ClN2O2/c1-2-18-15-8-7-12(17)11-14(15)16(21)19(9-4-10-20)13-5-3-6-13/h7-8,11,13,18,20H,2-6,9-10H2,1H3. The smallest absolute Gasteiger partial charge is 0.256 e. The molecule has 116 valence electrons. The number of carbonyl (C=O) groups excluding carboxylic acids is 1. The molecule has 0 aliphatic heterocycles. The first-order valence-electron chi connectivity index (χ1n) is 7.62. The molecule has 0 aromatic heterocycles. The minimum atomic E-state index is 0.00611. The molecule has 1 aliphatic rings. The number of hydrogen-bond donors (Lipinski definition) is 2. The second-order valence-corrected chi connectivity index (χ2v) is 5.82. The van der Waals surface area contributed by atoms with Crippen LogP contribution >= 0.6 is 11.6 Å². The van der Waals surface area contributed by atoms with Crippen LogP contribution in [0.1, 0.15) is 43.0 Å². The number of amides is 1. The molecule has 0 heterocycles. The van der Waals surface area contributed by atoms with Gasteiger partial charge in [-0.3, -0.25) is 4.79 Å². The molecule has 2 N–H and O–H groups in total. The van der Waals surface area contributed by atoms with Crippen molar-refractivity contribution in [3.63, 3.8) is 0 Å². The Morgan fingerprint density at radius 1 is 1.48 bits per heavy atom. The van der Waals surface area contributed by atoms with E-state index < -0.39 is 0 Å². The summed E-state index contributed by atoms with van der Waals surface area (Å²) in [6, 6.07) is 5.67. The van der Waals surface area contributed by atoms with Gasteiger partial charge in [-0.05, 0) is 50.8 Å². The number of carbonyl (C=O) groups is 1. The average Bonchev–Trinajstić information content (AvgIpc) is 2.42. The Balaban J connectivity index is 2.24. The van der Waals surface area contributed by atoms with Gasteiger partial charge in [0, 0.05) is 36.4 Å². The molecule has 0 bridgehead atoms. The Hall–Kier alpha value is -1.26. The average molecular weight is 311 g/mol. The zero-order valence-electron chi connectivity index (χ0n) is 12.4. The van der Waals surface area contributed by atoms with Gasteiger partial charge >= 0.3 is 0 Å². The van der Waals surface area contributed by atoms with Gasteiger partial charge in [-0.25, -0.2) is 0 Å². The van der Waals surface area contributed by atoms with Crippen LogP contribution < -0.4 is 5.32 Å². The van der Waals surface area contributed by atoms with Gasteiger partial charge in [-0.15, -0.1) is 0 Å². The number of nitrogens with one attached hydrogen (secondary N) is 1. The van der Waals surface area contributed by atoms with Gasteiger partial charge in [0.05, 0.1) is 5.56 Å². The second-order valence-electron chi connectivity index (χ2n) is 5.38. The topological polar surface area (TPSA) is 52.6 Å². The summed E-state index contributed by atoms with van der Waals surface area (Å²) < 4.78 is 0. The number of aliphatic hydroxyl groups excluding tert-OH is 1. The lowest BCUT2D eigenvalue weighted by Crippen LogP contribution is -2.45. The monoisotopic (exact) mass is 310 g/mol.